The molecule has 0 atom stereocenters. The van der Waals surface area contributed by atoms with Gasteiger partial charge in [-0.25, -0.2) is 0 Å². The van der Waals surface area contributed by atoms with Gasteiger partial charge in [-0.05, 0) is 80.9 Å². The quantitative estimate of drug-likeness (QED) is 0.374. The highest BCUT2D eigenvalue weighted by molar-refractivity contribution is 14.1. The molecule has 0 unspecified atom stereocenters. The molecule has 120 valence electrons. The van der Waals surface area contributed by atoms with E-state index in [1.54, 1.807) is 0 Å². The van der Waals surface area contributed by atoms with Gasteiger partial charge in [0.25, 0.3) is 0 Å². The molecule has 3 aromatic rings. The maximum atomic E-state index is 2.48. The van der Waals surface area contributed by atoms with E-state index in [0.717, 1.165) is 0 Å². The van der Waals surface area contributed by atoms with Crippen LogP contribution in [0.25, 0.3) is 22.3 Å². The van der Waals surface area contributed by atoms with Crippen molar-refractivity contribution in [1.82, 2.24) is 0 Å². The summed E-state index contributed by atoms with van der Waals surface area (Å²) in [5.41, 5.74) is 11.3. The monoisotopic (exact) mass is 424 g/mol. The minimum atomic E-state index is 0.0783. The predicted molar refractivity (Wildman–Crippen MR) is 112 cm³/mol. The highest BCUT2D eigenvalue weighted by atomic mass is 127. The van der Waals surface area contributed by atoms with E-state index < -0.39 is 0 Å². The number of fused-ring (bicyclic) bond motifs is 3. The van der Waals surface area contributed by atoms with Crippen molar-refractivity contribution < 1.29 is 0 Å². The molecule has 24 heavy (non-hydrogen) atoms. The lowest BCUT2D eigenvalue weighted by Gasteiger charge is -2.22. The molecule has 1 aliphatic carbocycles. The van der Waals surface area contributed by atoms with E-state index in [2.05, 4.69) is 105 Å². The first kappa shape index (κ1) is 15.9. The zero-order valence-electron chi connectivity index (χ0n) is 14.6. The lowest BCUT2D eigenvalue weighted by molar-refractivity contribution is 0.660. The van der Waals surface area contributed by atoms with E-state index >= 15 is 0 Å². The molecule has 0 saturated carbocycles. The first-order valence-electron chi connectivity index (χ1n) is 8.42. The third kappa shape index (κ3) is 2.10. The number of rotatable bonds is 1. The molecule has 1 aliphatic rings. The Labute approximate surface area is 158 Å². The molecule has 3 aromatic carbocycles. The average Bonchev–Trinajstić information content (AvgIpc) is 2.80. The Bertz CT molecular complexity index is 964. The Balaban J connectivity index is 2.04. The fraction of sp³-hybridized carbons (Fsp3) is 0.217. The lowest BCUT2D eigenvalue weighted by atomic mass is 9.81. The van der Waals surface area contributed by atoms with Crippen molar-refractivity contribution >= 4 is 22.6 Å². The van der Waals surface area contributed by atoms with Crippen molar-refractivity contribution in [3.05, 3.63) is 80.4 Å². The molecule has 4 rings (SSSR count). The smallest absolute Gasteiger partial charge is 0.0238 e. The summed E-state index contributed by atoms with van der Waals surface area (Å²) in [4.78, 5) is 0. The zero-order valence-corrected chi connectivity index (χ0v) is 16.7. The van der Waals surface area contributed by atoms with Crippen LogP contribution < -0.4 is 0 Å². The number of hydrogen-bond donors (Lipinski definition) is 0. The van der Waals surface area contributed by atoms with Crippen molar-refractivity contribution in [2.24, 2.45) is 0 Å². The molecule has 0 heterocycles. The molecule has 0 saturated heterocycles. The summed E-state index contributed by atoms with van der Waals surface area (Å²) >= 11 is 2.48. The Morgan fingerprint density at radius 2 is 1.42 bits per heavy atom. The Hall–Kier alpha value is -1.61. The summed E-state index contributed by atoms with van der Waals surface area (Å²) in [5, 5.41) is 0. The van der Waals surface area contributed by atoms with E-state index in [4.69, 9.17) is 0 Å². The Kier molecular flexibility index (Phi) is 3.61. The topological polar surface area (TPSA) is 0 Å². The van der Waals surface area contributed by atoms with Crippen molar-refractivity contribution in [1.29, 1.82) is 0 Å². The first-order valence-corrected chi connectivity index (χ1v) is 9.50. The van der Waals surface area contributed by atoms with Crippen molar-refractivity contribution in [2.45, 2.75) is 33.1 Å². The van der Waals surface area contributed by atoms with Crippen LogP contribution in [0.15, 0.2) is 54.6 Å². The van der Waals surface area contributed by atoms with Crippen LogP contribution in [0.3, 0.4) is 0 Å². The summed E-state index contributed by atoms with van der Waals surface area (Å²) in [6.45, 7) is 9.15. The first-order chi connectivity index (χ1) is 11.4. The van der Waals surface area contributed by atoms with E-state index in [-0.39, 0.29) is 5.41 Å². The number of halogens is 1. The standard InChI is InChI=1S/C23H21I/c1-14-8-7-10-17(22(14)24)16-12-13-20-21(15(16)2)18-9-5-6-11-19(18)23(20,3)4/h5-13H,1-4H3. The van der Waals surface area contributed by atoms with Crippen LogP contribution in [0.2, 0.25) is 0 Å². The molecule has 0 nitrogen and oxygen atoms in total. The Morgan fingerprint density at radius 3 is 2.21 bits per heavy atom. The van der Waals surface area contributed by atoms with Crippen molar-refractivity contribution in [2.75, 3.05) is 0 Å². The van der Waals surface area contributed by atoms with Gasteiger partial charge in [0.1, 0.15) is 0 Å². The maximum absolute atomic E-state index is 2.48. The summed E-state index contributed by atoms with van der Waals surface area (Å²) in [6.07, 6.45) is 0. The molecule has 0 spiro atoms. The van der Waals surface area contributed by atoms with Gasteiger partial charge in [0.2, 0.25) is 0 Å². The van der Waals surface area contributed by atoms with Gasteiger partial charge in [-0.1, -0.05) is 68.4 Å². The van der Waals surface area contributed by atoms with Crippen molar-refractivity contribution in [3.63, 3.8) is 0 Å². The third-order valence-electron chi connectivity index (χ3n) is 5.49. The molecule has 0 aliphatic heterocycles. The van der Waals surface area contributed by atoms with Gasteiger partial charge in [0.15, 0.2) is 0 Å². The molecule has 0 aromatic heterocycles. The van der Waals surface area contributed by atoms with Gasteiger partial charge in [-0.3, -0.25) is 0 Å². The Morgan fingerprint density at radius 1 is 0.708 bits per heavy atom. The molecular weight excluding hydrogens is 403 g/mol. The van der Waals surface area contributed by atoms with Gasteiger partial charge in [-0.15, -0.1) is 0 Å². The number of hydrogen-bond acceptors (Lipinski definition) is 0. The van der Waals surface area contributed by atoms with Gasteiger partial charge < -0.3 is 0 Å². The van der Waals surface area contributed by atoms with Crippen molar-refractivity contribution in [3.8, 4) is 22.3 Å². The summed E-state index contributed by atoms with van der Waals surface area (Å²) in [5.74, 6) is 0. The van der Waals surface area contributed by atoms with Crippen LogP contribution in [-0.2, 0) is 5.41 Å². The molecule has 0 radical (unpaired) electrons. The normalized spacial score (nSPS) is 14.4. The second-order valence-electron chi connectivity index (χ2n) is 7.27. The minimum Gasteiger partial charge on any atom is -0.0619 e. The molecule has 0 fully saturated rings. The van der Waals surface area contributed by atoms with Crippen LogP contribution >= 0.6 is 22.6 Å². The third-order valence-corrected chi connectivity index (χ3v) is 6.92. The lowest BCUT2D eigenvalue weighted by Crippen LogP contribution is -2.14. The van der Waals surface area contributed by atoms with Gasteiger partial charge in [0.05, 0.1) is 0 Å². The highest BCUT2D eigenvalue weighted by Gasteiger charge is 2.36. The molecule has 1 heteroatoms. The number of aryl methyl sites for hydroxylation is 1. The fourth-order valence-corrected chi connectivity index (χ4v) is 4.77. The zero-order chi connectivity index (χ0) is 17.1. The summed E-state index contributed by atoms with van der Waals surface area (Å²) in [6, 6.07) is 20.1. The highest BCUT2D eigenvalue weighted by Crippen LogP contribution is 2.51. The second kappa shape index (κ2) is 5.45. The van der Waals surface area contributed by atoms with E-state index in [9.17, 15) is 0 Å². The maximum Gasteiger partial charge on any atom is 0.0238 e. The molecular formula is C23H21I. The van der Waals surface area contributed by atoms with Crippen LogP contribution in [0, 0.1) is 17.4 Å². The summed E-state index contributed by atoms with van der Waals surface area (Å²) in [7, 11) is 0. The van der Waals surface area contributed by atoms with Crippen LogP contribution in [-0.4, -0.2) is 0 Å². The van der Waals surface area contributed by atoms with Gasteiger partial charge >= 0.3 is 0 Å². The largest absolute Gasteiger partial charge is 0.0619 e. The van der Waals surface area contributed by atoms with Crippen LogP contribution in [0.4, 0.5) is 0 Å². The minimum absolute atomic E-state index is 0.0783. The fourth-order valence-electron chi connectivity index (χ4n) is 4.12. The van der Waals surface area contributed by atoms with Crippen LogP contribution in [0.1, 0.15) is 36.1 Å². The molecule has 0 amide bonds. The van der Waals surface area contributed by atoms with Gasteiger partial charge in [0, 0.05) is 8.99 Å². The average molecular weight is 424 g/mol. The van der Waals surface area contributed by atoms with E-state index in [0.29, 0.717) is 0 Å². The molecule has 0 bridgehead atoms. The molecule has 0 N–H and O–H groups in total. The number of benzene rings is 3. The second-order valence-corrected chi connectivity index (χ2v) is 8.35. The summed E-state index contributed by atoms with van der Waals surface area (Å²) < 4.78 is 1.35. The van der Waals surface area contributed by atoms with Gasteiger partial charge in [-0.2, -0.15) is 0 Å². The van der Waals surface area contributed by atoms with Crippen LogP contribution in [0.5, 0.6) is 0 Å². The SMILES string of the molecule is Cc1cccc(-c2ccc3c(c2C)-c2ccccc2C3(C)C)c1I. The predicted octanol–water partition coefficient (Wildman–Crippen LogP) is 6.88. The van der Waals surface area contributed by atoms with E-state index in [1.807, 2.05) is 0 Å². The van der Waals surface area contributed by atoms with E-state index in [1.165, 1.54) is 48.1 Å².